The summed E-state index contributed by atoms with van der Waals surface area (Å²) in [6, 6.07) is 7.39. The third kappa shape index (κ3) is 3.57. The fourth-order valence-corrected chi connectivity index (χ4v) is 2.13. The highest BCUT2D eigenvalue weighted by Gasteiger charge is 2.19. The third-order valence-corrected chi connectivity index (χ3v) is 3.14. The molecule has 102 valence electrons. The van der Waals surface area contributed by atoms with Crippen LogP contribution in [-0.2, 0) is 4.79 Å². The number of amides is 1. The van der Waals surface area contributed by atoms with E-state index in [2.05, 4.69) is 10.6 Å². The maximum absolute atomic E-state index is 12.0. The van der Waals surface area contributed by atoms with Gasteiger partial charge in [0.1, 0.15) is 5.75 Å². The first-order valence-corrected chi connectivity index (χ1v) is 6.66. The van der Waals surface area contributed by atoms with E-state index in [-0.39, 0.29) is 12.5 Å². The number of nitrogens with one attached hydrogen (secondary N) is 2. The summed E-state index contributed by atoms with van der Waals surface area (Å²) in [6.45, 7) is 4.28. The van der Waals surface area contributed by atoms with Crippen LogP contribution in [0.3, 0.4) is 0 Å². The van der Waals surface area contributed by atoms with Crippen molar-refractivity contribution < 1.29 is 9.53 Å². The summed E-state index contributed by atoms with van der Waals surface area (Å²) in [5.41, 5.74) is 0.687. The van der Waals surface area contributed by atoms with Crippen LogP contribution in [0.2, 0.25) is 0 Å². The maximum Gasteiger partial charge on any atom is 0.244 e. The van der Waals surface area contributed by atoms with Crippen LogP contribution in [0.25, 0.3) is 0 Å². The summed E-state index contributed by atoms with van der Waals surface area (Å²) >= 11 is 5.10. The van der Waals surface area contributed by atoms with Gasteiger partial charge >= 0.3 is 0 Å². The molecule has 2 N–H and O–H groups in total. The second kappa shape index (κ2) is 6.38. The minimum atomic E-state index is -0.0989. The Labute approximate surface area is 117 Å². The summed E-state index contributed by atoms with van der Waals surface area (Å²) in [4.78, 5) is 13.8. The largest absolute Gasteiger partial charge is 0.492 e. The Hall–Kier alpha value is -1.82. The molecule has 0 unspecified atom stereocenters. The van der Waals surface area contributed by atoms with E-state index < -0.39 is 0 Å². The number of para-hydroxylation sites is 2. The fourth-order valence-electron chi connectivity index (χ4n) is 1.88. The number of thiocarbonyl (C=S) groups is 1. The molecule has 0 atom stereocenters. The van der Waals surface area contributed by atoms with Gasteiger partial charge in [-0.15, -0.1) is 0 Å². The minimum Gasteiger partial charge on any atom is -0.492 e. The first-order chi connectivity index (χ1) is 9.20. The fraction of sp³-hybridized carbons (Fsp3) is 0.385. The smallest absolute Gasteiger partial charge is 0.244 e. The lowest BCUT2D eigenvalue weighted by molar-refractivity contribution is -0.116. The Bertz CT molecular complexity index is 479. The standard InChI is InChI=1S/C13H17N3O2S/c1-2-18-11-6-4-3-5-10(11)15-12(17)9-16-8-7-14-13(16)19/h3-6H,2,7-9H2,1H3,(H,14,19)(H,15,17). The van der Waals surface area contributed by atoms with Gasteiger partial charge in [0, 0.05) is 13.1 Å². The number of carbonyl (C=O) groups excluding carboxylic acids is 1. The SMILES string of the molecule is CCOc1ccccc1NC(=O)CN1CCNC1=S. The molecule has 1 fully saturated rings. The van der Waals surface area contributed by atoms with Crippen molar-refractivity contribution in [3.63, 3.8) is 0 Å². The number of nitrogens with zero attached hydrogens (tertiary/aromatic N) is 1. The average molecular weight is 279 g/mol. The summed E-state index contributed by atoms with van der Waals surface area (Å²) in [7, 11) is 0. The van der Waals surface area contributed by atoms with Gasteiger partial charge in [-0.3, -0.25) is 4.79 Å². The number of hydrogen-bond acceptors (Lipinski definition) is 3. The van der Waals surface area contributed by atoms with Gasteiger partial charge < -0.3 is 20.3 Å². The molecule has 1 heterocycles. The number of hydrogen-bond donors (Lipinski definition) is 2. The molecular weight excluding hydrogens is 262 g/mol. The Morgan fingerprint density at radius 2 is 2.32 bits per heavy atom. The van der Waals surface area contributed by atoms with Gasteiger partial charge in [-0.05, 0) is 31.3 Å². The van der Waals surface area contributed by atoms with Crippen molar-refractivity contribution in [3.05, 3.63) is 24.3 Å². The van der Waals surface area contributed by atoms with E-state index in [0.29, 0.717) is 23.2 Å². The topological polar surface area (TPSA) is 53.6 Å². The lowest BCUT2D eigenvalue weighted by Crippen LogP contribution is -2.35. The molecule has 0 aliphatic carbocycles. The lowest BCUT2D eigenvalue weighted by Gasteiger charge is -2.17. The number of carbonyl (C=O) groups is 1. The van der Waals surface area contributed by atoms with Gasteiger partial charge in [0.15, 0.2) is 5.11 Å². The van der Waals surface area contributed by atoms with Crippen LogP contribution >= 0.6 is 12.2 Å². The molecule has 0 bridgehead atoms. The first kappa shape index (κ1) is 13.6. The summed E-state index contributed by atoms with van der Waals surface area (Å²) < 4.78 is 5.46. The van der Waals surface area contributed by atoms with Crippen molar-refractivity contribution in [3.8, 4) is 5.75 Å². The molecule has 6 heteroatoms. The van der Waals surface area contributed by atoms with E-state index >= 15 is 0 Å². The summed E-state index contributed by atoms with van der Waals surface area (Å²) in [5, 5.41) is 6.51. The van der Waals surface area contributed by atoms with E-state index in [1.165, 1.54) is 0 Å². The molecule has 2 rings (SSSR count). The molecule has 1 aromatic carbocycles. The molecule has 0 aromatic heterocycles. The predicted octanol–water partition coefficient (Wildman–Crippen LogP) is 1.21. The van der Waals surface area contributed by atoms with Crippen LogP contribution in [0, 0.1) is 0 Å². The van der Waals surface area contributed by atoms with E-state index in [1.807, 2.05) is 36.1 Å². The second-order valence-corrected chi connectivity index (χ2v) is 4.52. The number of benzene rings is 1. The number of rotatable bonds is 5. The van der Waals surface area contributed by atoms with Crippen molar-refractivity contribution in [2.75, 3.05) is 31.6 Å². The van der Waals surface area contributed by atoms with E-state index in [4.69, 9.17) is 17.0 Å². The lowest BCUT2D eigenvalue weighted by atomic mass is 10.3. The monoisotopic (exact) mass is 279 g/mol. The normalized spacial score (nSPS) is 14.2. The van der Waals surface area contributed by atoms with Crippen LogP contribution < -0.4 is 15.4 Å². The van der Waals surface area contributed by atoms with Gasteiger partial charge in [0.25, 0.3) is 0 Å². The van der Waals surface area contributed by atoms with E-state index in [9.17, 15) is 4.79 Å². The first-order valence-electron chi connectivity index (χ1n) is 6.25. The highest BCUT2D eigenvalue weighted by Crippen LogP contribution is 2.23. The minimum absolute atomic E-state index is 0.0989. The van der Waals surface area contributed by atoms with Gasteiger partial charge in [0.05, 0.1) is 18.8 Å². The molecule has 1 aliphatic rings. The van der Waals surface area contributed by atoms with E-state index in [0.717, 1.165) is 13.1 Å². The zero-order chi connectivity index (χ0) is 13.7. The zero-order valence-corrected chi connectivity index (χ0v) is 11.6. The van der Waals surface area contributed by atoms with Gasteiger partial charge in [0.2, 0.25) is 5.91 Å². The Balaban J connectivity index is 1.96. The van der Waals surface area contributed by atoms with Crippen molar-refractivity contribution >= 4 is 28.9 Å². The zero-order valence-electron chi connectivity index (χ0n) is 10.8. The van der Waals surface area contributed by atoms with Gasteiger partial charge in [-0.1, -0.05) is 12.1 Å². The second-order valence-electron chi connectivity index (χ2n) is 4.13. The van der Waals surface area contributed by atoms with Crippen molar-refractivity contribution in [2.45, 2.75) is 6.92 Å². The van der Waals surface area contributed by atoms with Crippen LogP contribution in [-0.4, -0.2) is 42.2 Å². The van der Waals surface area contributed by atoms with Crippen molar-refractivity contribution in [2.24, 2.45) is 0 Å². The van der Waals surface area contributed by atoms with Crippen molar-refractivity contribution in [1.29, 1.82) is 0 Å². The predicted molar refractivity (Wildman–Crippen MR) is 78.4 cm³/mol. The molecule has 1 saturated heterocycles. The Morgan fingerprint density at radius 1 is 1.53 bits per heavy atom. The quantitative estimate of drug-likeness (QED) is 0.794. The highest BCUT2D eigenvalue weighted by molar-refractivity contribution is 7.80. The van der Waals surface area contributed by atoms with Gasteiger partial charge in [-0.2, -0.15) is 0 Å². The van der Waals surface area contributed by atoms with Crippen LogP contribution in [0.5, 0.6) is 5.75 Å². The van der Waals surface area contributed by atoms with Crippen LogP contribution in [0.15, 0.2) is 24.3 Å². The maximum atomic E-state index is 12.0. The number of anilines is 1. The molecule has 0 saturated carbocycles. The van der Waals surface area contributed by atoms with Crippen molar-refractivity contribution in [1.82, 2.24) is 10.2 Å². The third-order valence-electron chi connectivity index (χ3n) is 2.74. The average Bonchev–Trinajstić information content (AvgIpc) is 2.78. The van der Waals surface area contributed by atoms with Crippen LogP contribution in [0.1, 0.15) is 6.92 Å². The molecule has 0 spiro atoms. The molecule has 0 radical (unpaired) electrons. The van der Waals surface area contributed by atoms with E-state index in [1.54, 1.807) is 0 Å². The summed E-state index contributed by atoms with van der Waals surface area (Å²) in [6.07, 6.45) is 0. The Morgan fingerprint density at radius 3 is 3.00 bits per heavy atom. The number of ether oxygens (including phenoxy) is 1. The van der Waals surface area contributed by atoms with Crippen LogP contribution in [0.4, 0.5) is 5.69 Å². The Kier molecular flexibility index (Phi) is 4.57. The molecule has 1 amide bonds. The molecule has 1 aromatic rings. The molecule has 5 nitrogen and oxygen atoms in total. The highest BCUT2D eigenvalue weighted by atomic mass is 32.1. The molecule has 1 aliphatic heterocycles. The molecule has 19 heavy (non-hydrogen) atoms. The summed E-state index contributed by atoms with van der Waals surface area (Å²) in [5.74, 6) is 0.582. The van der Waals surface area contributed by atoms with Gasteiger partial charge in [-0.25, -0.2) is 0 Å². The molecular formula is C13H17N3O2S.